The number of hydrogen-bond donors (Lipinski definition) is 1. The topological polar surface area (TPSA) is 49.8 Å². The average Bonchev–Trinajstić information content (AvgIpc) is 2.01. The third-order valence-electron chi connectivity index (χ3n) is 1.70. The second kappa shape index (κ2) is 5.68. The van der Waals surface area contributed by atoms with E-state index in [2.05, 4.69) is 15.9 Å². The van der Waals surface area contributed by atoms with Crippen LogP contribution >= 0.6 is 15.9 Å². The Balaban J connectivity index is 4.08. The lowest BCUT2D eigenvalue weighted by atomic mass is 10.2. The van der Waals surface area contributed by atoms with E-state index in [1.54, 1.807) is 20.9 Å². The average molecular weight is 268 g/mol. The summed E-state index contributed by atoms with van der Waals surface area (Å²) in [5.74, 6) is -0.0624. The maximum Gasteiger partial charge on any atom is 0.238 e. The van der Waals surface area contributed by atoms with Gasteiger partial charge in [0.05, 0.1) is 17.0 Å². The van der Waals surface area contributed by atoms with Crippen LogP contribution in [0.2, 0.25) is 0 Å². The van der Waals surface area contributed by atoms with Crippen molar-refractivity contribution in [2.75, 3.05) is 27.3 Å². The largest absolute Gasteiger partial charge is 0.389 e. The van der Waals surface area contributed by atoms with Crippen molar-refractivity contribution in [2.45, 2.75) is 24.3 Å². The summed E-state index contributed by atoms with van der Waals surface area (Å²) in [6.45, 7) is 4.06. The zero-order valence-corrected chi connectivity index (χ0v) is 10.7. The Hall–Kier alpha value is -0.130. The van der Waals surface area contributed by atoms with E-state index in [0.717, 1.165) is 0 Å². The fraction of sp³-hybridized carbons (Fsp3) is 0.889. The van der Waals surface area contributed by atoms with Gasteiger partial charge in [0, 0.05) is 20.7 Å². The molecular formula is C9H18BrNO3. The number of carbonyl (C=O) groups is 1. The van der Waals surface area contributed by atoms with Crippen LogP contribution in [0.15, 0.2) is 0 Å². The molecule has 84 valence electrons. The molecule has 4 nitrogen and oxygen atoms in total. The van der Waals surface area contributed by atoms with Gasteiger partial charge in [0.15, 0.2) is 0 Å². The van der Waals surface area contributed by atoms with Crippen LogP contribution in [0, 0.1) is 0 Å². The highest BCUT2D eigenvalue weighted by molar-refractivity contribution is 9.10. The molecule has 0 aromatic heterocycles. The molecule has 0 heterocycles. The van der Waals surface area contributed by atoms with Crippen LogP contribution < -0.4 is 0 Å². The number of aliphatic hydroxyl groups excluding tert-OH is 1. The highest BCUT2D eigenvalue weighted by atomic mass is 79.9. The molecule has 0 aromatic rings. The van der Waals surface area contributed by atoms with E-state index in [1.165, 1.54) is 12.0 Å². The fourth-order valence-electron chi connectivity index (χ4n) is 1.10. The van der Waals surface area contributed by atoms with Crippen LogP contribution in [0.4, 0.5) is 0 Å². The van der Waals surface area contributed by atoms with Crippen molar-refractivity contribution in [1.82, 2.24) is 4.90 Å². The van der Waals surface area contributed by atoms with Crippen LogP contribution in [0.3, 0.4) is 0 Å². The predicted octanol–water partition coefficient (Wildman–Crippen LogP) is 0.626. The number of nitrogens with zero attached hydrogens (tertiary/aromatic N) is 1. The molecule has 0 aromatic carbocycles. The smallest absolute Gasteiger partial charge is 0.238 e. The fourth-order valence-corrected chi connectivity index (χ4v) is 1.40. The normalized spacial score (nSPS) is 13.9. The first-order valence-electron chi connectivity index (χ1n) is 4.40. The quantitative estimate of drug-likeness (QED) is 0.744. The van der Waals surface area contributed by atoms with Crippen LogP contribution in [-0.2, 0) is 9.53 Å². The summed E-state index contributed by atoms with van der Waals surface area (Å²) in [6.07, 6.45) is -0.635. The van der Waals surface area contributed by atoms with Crippen molar-refractivity contribution >= 4 is 21.8 Å². The number of alkyl halides is 1. The Morgan fingerprint density at radius 2 is 2.14 bits per heavy atom. The van der Waals surface area contributed by atoms with Gasteiger partial charge in [0.1, 0.15) is 0 Å². The molecule has 0 radical (unpaired) electrons. The minimum absolute atomic E-state index is 0.0624. The number of halogens is 1. The predicted molar refractivity (Wildman–Crippen MR) is 58.5 cm³/mol. The van der Waals surface area contributed by atoms with Gasteiger partial charge in [-0.25, -0.2) is 0 Å². The molecule has 0 bridgehead atoms. The highest BCUT2D eigenvalue weighted by Crippen LogP contribution is 2.18. The number of rotatable bonds is 5. The van der Waals surface area contributed by atoms with Crippen molar-refractivity contribution in [3.8, 4) is 0 Å². The molecule has 1 atom stereocenters. The van der Waals surface area contributed by atoms with Crippen LogP contribution in [0.25, 0.3) is 0 Å². The molecule has 0 spiro atoms. The Bertz CT molecular complexity index is 191. The molecule has 0 saturated carbocycles. The molecule has 0 saturated heterocycles. The second-order valence-electron chi connectivity index (χ2n) is 3.77. The van der Waals surface area contributed by atoms with E-state index in [1.807, 2.05) is 0 Å². The van der Waals surface area contributed by atoms with Crippen LogP contribution in [-0.4, -0.2) is 53.7 Å². The summed E-state index contributed by atoms with van der Waals surface area (Å²) >= 11 is 3.27. The monoisotopic (exact) mass is 267 g/mol. The summed E-state index contributed by atoms with van der Waals surface area (Å²) in [5.41, 5.74) is 0. The molecule has 0 aliphatic carbocycles. The summed E-state index contributed by atoms with van der Waals surface area (Å²) in [7, 11) is 3.17. The van der Waals surface area contributed by atoms with Gasteiger partial charge in [0.2, 0.25) is 5.91 Å². The van der Waals surface area contributed by atoms with Crippen molar-refractivity contribution in [2.24, 2.45) is 0 Å². The third-order valence-corrected chi connectivity index (χ3v) is 2.04. The molecule has 0 aliphatic rings. The molecule has 0 fully saturated rings. The Kier molecular flexibility index (Phi) is 5.63. The van der Waals surface area contributed by atoms with Gasteiger partial charge in [-0.3, -0.25) is 4.79 Å². The molecule has 1 unspecified atom stereocenters. The number of ether oxygens (including phenoxy) is 1. The summed E-state index contributed by atoms with van der Waals surface area (Å²) < 4.78 is 4.18. The number of likely N-dealkylation sites (N-methyl/N-ethyl adjacent to an activating group) is 1. The lowest BCUT2D eigenvalue weighted by molar-refractivity contribution is -0.133. The first-order chi connectivity index (χ1) is 6.29. The van der Waals surface area contributed by atoms with Crippen LogP contribution in [0.5, 0.6) is 0 Å². The molecule has 0 rings (SSSR count). The zero-order chi connectivity index (χ0) is 11.4. The molecule has 1 amide bonds. The Morgan fingerprint density at radius 3 is 2.50 bits per heavy atom. The zero-order valence-electron chi connectivity index (χ0n) is 9.08. The highest BCUT2D eigenvalue weighted by Gasteiger charge is 2.27. The minimum Gasteiger partial charge on any atom is -0.389 e. The number of amides is 1. The van der Waals surface area contributed by atoms with E-state index in [9.17, 15) is 9.90 Å². The van der Waals surface area contributed by atoms with Crippen LogP contribution in [0.1, 0.15) is 13.8 Å². The van der Waals surface area contributed by atoms with E-state index in [-0.39, 0.29) is 19.1 Å². The first kappa shape index (κ1) is 13.9. The lowest BCUT2D eigenvalue weighted by Gasteiger charge is -2.26. The van der Waals surface area contributed by atoms with Crippen molar-refractivity contribution in [3.05, 3.63) is 0 Å². The van der Waals surface area contributed by atoms with Gasteiger partial charge in [-0.1, -0.05) is 15.9 Å². The Morgan fingerprint density at radius 1 is 1.64 bits per heavy atom. The number of aliphatic hydroxyl groups is 1. The maximum atomic E-state index is 11.6. The van der Waals surface area contributed by atoms with E-state index in [0.29, 0.717) is 0 Å². The summed E-state index contributed by atoms with van der Waals surface area (Å²) in [5, 5.41) is 9.40. The lowest BCUT2D eigenvalue weighted by Crippen LogP contribution is -2.43. The van der Waals surface area contributed by atoms with Gasteiger partial charge < -0.3 is 14.7 Å². The molecule has 5 heteroatoms. The summed E-state index contributed by atoms with van der Waals surface area (Å²) in [6, 6.07) is 0. The molecule has 0 aliphatic heterocycles. The summed E-state index contributed by atoms with van der Waals surface area (Å²) in [4.78, 5) is 13.1. The van der Waals surface area contributed by atoms with E-state index < -0.39 is 10.4 Å². The third kappa shape index (κ3) is 4.93. The van der Waals surface area contributed by atoms with Gasteiger partial charge >= 0.3 is 0 Å². The molecule has 14 heavy (non-hydrogen) atoms. The first-order valence-corrected chi connectivity index (χ1v) is 5.19. The van der Waals surface area contributed by atoms with E-state index in [4.69, 9.17) is 4.74 Å². The van der Waals surface area contributed by atoms with Gasteiger partial charge in [-0.15, -0.1) is 0 Å². The standard InChI is InChI=1S/C9H18BrNO3/c1-9(2,10)8(13)11(3)5-7(12)6-14-4/h7,12H,5-6H2,1-4H3. The van der Waals surface area contributed by atoms with Gasteiger partial charge in [-0.05, 0) is 13.8 Å². The van der Waals surface area contributed by atoms with E-state index >= 15 is 0 Å². The second-order valence-corrected chi connectivity index (χ2v) is 5.75. The molecular weight excluding hydrogens is 250 g/mol. The minimum atomic E-state index is -0.635. The van der Waals surface area contributed by atoms with Crippen molar-refractivity contribution < 1.29 is 14.6 Å². The van der Waals surface area contributed by atoms with Gasteiger partial charge in [0.25, 0.3) is 0 Å². The SMILES string of the molecule is COCC(O)CN(C)C(=O)C(C)(C)Br. The number of methoxy groups -OCH3 is 1. The van der Waals surface area contributed by atoms with Crippen molar-refractivity contribution in [3.63, 3.8) is 0 Å². The Labute approximate surface area is 93.4 Å². The maximum absolute atomic E-state index is 11.6. The van der Waals surface area contributed by atoms with Crippen molar-refractivity contribution in [1.29, 1.82) is 0 Å². The number of hydrogen-bond acceptors (Lipinski definition) is 3. The molecule has 1 N–H and O–H groups in total. The van der Waals surface area contributed by atoms with Gasteiger partial charge in [-0.2, -0.15) is 0 Å². The number of carbonyl (C=O) groups excluding carboxylic acids is 1.